The molecule has 0 saturated carbocycles. The predicted octanol–water partition coefficient (Wildman–Crippen LogP) is 2.82. The summed E-state index contributed by atoms with van der Waals surface area (Å²) < 4.78 is 36.1. The number of benzene rings is 2. The van der Waals surface area contributed by atoms with Crippen molar-refractivity contribution in [3.8, 4) is 5.75 Å². The number of aromatic hydroxyl groups is 1. The lowest BCUT2D eigenvalue weighted by Gasteiger charge is -2.07. The number of phenols is 1. The number of carbonyl (C=O) groups excluding carboxylic acids is 1. The van der Waals surface area contributed by atoms with E-state index in [0.29, 0.717) is 0 Å². The first-order valence-electron chi connectivity index (χ1n) is 5.73. The molecule has 0 aromatic heterocycles. The Morgan fingerprint density at radius 1 is 1.19 bits per heavy atom. The van der Waals surface area contributed by atoms with Gasteiger partial charge in [-0.25, -0.2) is 12.8 Å². The molecule has 0 atom stereocenters. The summed E-state index contributed by atoms with van der Waals surface area (Å²) in [6.45, 7) is 0. The van der Waals surface area contributed by atoms with Gasteiger partial charge in [0.2, 0.25) is 0 Å². The van der Waals surface area contributed by atoms with E-state index in [0.717, 1.165) is 18.4 Å². The molecule has 0 spiro atoms. The maximum atomic E-state index is 13.3. The highest BCUT2D eigenvalue weighted by Gasteiger charge is 2.20. The molecule has 110 valence electrons. The first-order chi connectivity index (χ1) is 9.71. The van der Waals surface area contributed by atoms with E-state index in [2.05, 4.69) is 0 Å². The Morgan fingerprint density at radius 2 is 1.86 bits per heavy atom. The Kier molecular flexibility index (Phi) is 4.02. The molecule has 2 rings (SSSR count). The van der Waals surface area contributed by atoms with E-state index in [1.807, 2.05) is 0 Å². The van der Waals surface area contributed by atoms with Gasteiger partial charge in [-0.1, -0.05) is 17.7 Å². The van der Waals surface area contributed by atoms with Crippen LogP contribution in [0.3, 0.4) is 0 Å². The summed E-state index contributed by atoms with van der Waals surface area (Å²) in [5.74, 6) is -2.40. The average Bonchev–Trinajstić information content (AvgIpc) is 2.40. The number of hydrogen-bond acceptors (Lipinski definition) is 4. The van der Waals surface area contributed by atoms with Gasteiger partial charge in [-0.15, -0.1) is 0 Å². The van der Waals surface area contributed by atoms with Crippen LogP contribution in [-0.2, 0) is 9.84 Å². The van der Waals surface area contributed by atoms with Gasteiger partial charge in [-0.2, -0.15) is 0 Å². The molecule has 0 aliphatic rings. The Bertz CT molecular complexity index is 831. The van der Waals surface area contributed by atoms with Gasteiger partial charge in [-0.3, -0.25) is 4.79 Å². The van der Waals surface area contributed by atoms with Crippen molar-refractivity contribution in [2.24, 2.45) is 0 Å². The lowest BCUT2D eigenvalue weighted by atomic mass is 10.0. The van der Waals surface area contributed by atoms with E-state index >= 15 is 0 Å². The van der Waals surface area contributed by atoms with Crippen molar-refractivity contribution >= 4 is 27.2 Å². The summed E-state index contributed by atoms with van der Waals surface area (Å²) >= 11 is 5.91. The molecule has 0 unspecified atom stereocenters. The number of hydrogen-bond donors (Lipinski definition) is 1. The van der Waals surface area contributed by atoms with Crippen molar-refractivity contribution < 1.29 is 22.7 Å². The summed E-state index contributed by atoms with van der Waals surface area (Å²) in [6.07, 6.45) is 1.01. The Hall–Kier alpha value is -1.92. The number of phenolic OH excluding ortho intramolecular Hbond substituents is 1. The smallest absolute Gasteiger partial charge is 0.198 e. The van der Waals surface area contributed by atoms with Crippen LogP contribution in [0.2, 0.25) is 5.02 Å². The molecule has 0 fully saturated rings. The van der Waals surface area contributed by atoms with Crippen LogP contribution in [0, 0.1) is 5.82 Å². The molecule has 1 N–H and O–H groups in total. The molecule has 0 aliphatic heterocycles. The van der Waals surface area contributed by atoms with Crippen molar-refractivity contribution in [2.75, 3.05) is 6.26 Å². The molecule has 0 heterocycles. The number of rotatable bonds is 3. The average molecular weight is 329 g/mol. The second-order valence-electron chi connectivity index (χ2n) is 4.38. The molecule has 2 aromatic carbocycles. The summed E-state index contributed by atoms with van der Waals surface area (Å²) in [7, 11) is -3.45. The van der Waals surface area contributed by atoms with Crippen LogP contribution in [0.15, 0.2) is 41.3 Å². The van der Waals surface area contributed by atoms with E-state index in [1.54, 1.807) is 0 Å². The third-order valence-corrected chi connectivity index (χ3v) is 4.27. The van der Waals surface area contributed by atoms with Gasteiger partial charge < -0.3 is 5.11 Å². The van der Waals surface area contributed by atoms with Crippen molar-refractivity contribution in [1.82, 2.24) is 0 Å². The predicted molar refractivity (Wildman–Crippen MR) is 76.1 cm³/mol. The zero-order valence-corrected chi connectivity index (χ0v) is 12.4. The van der Waals surface area contributed by atoms with E-state index in [4.69, 9.17) is 11.6 Å². The highest BCUT2D eigenvalue weighted by atomic mass is 35.5. The summed E-state index contributed by atoms with van der Waals surface area (Å²) in [6, 6.07) is 7.14. The highest BCUT2D eigenvalue weighted by Crippen LogP contribution is 2.28. The quantitative estimate of drug-likeness (QED) is 0.879. The Balaban J connectivity index is 2.52. The summed E-state index contributed by atoms with van der Waals surface area (Å²) in [4.78, 5) is 12.2. The van der Waals surface area contributed by atoms with E-state index in [-0.39, 0.29) is 21.0 Å². The molecule has 0 radical (unpaired) electrons. The second kappa shape index (κ2) is 5.46. The normalized spacial score (nSPS) is 11.4. The maximum Gasteiger partial charge on any atom is 0.198 e. The minimum absolute atomic E-state index is 0.0232. The minimum Gasteiger partial charge on any atom is -0.504 e. The molecule has 2 aromatic rings. The molecule has 7 heteroatoms. The van der Waals surface area contributed by atoms with Gasteiger partial charge in [0, 0.05) is 11.8 Å². The first kappa shape index (κ1) is 15.5. The molecule has 21 heavy (non-hydrogen) atoms. The van der Waals surface area contributed by atoms with Crippen LogP contribution in [0.1, 0.15) is 15.9 Å². The second-order valence-corrected chi connectivity index (χ2v) is 6.80. The van der Waals surface area contributed by atoms with Crippen LogP contribution in [-0.4, -0.2) is 25.6 Å². The van der Waals surface area contributed by atoms with Gasteiger partial charge in [0.15, 0.2) is 27.2 Å². The number of para-hydroxylation sites is 1. The van der Waals surface area contributed by atoms with Gasteiger partial charge in [0.05, 0.1) is 15.5 Å². The Labute approximate surface area is 125 Å². The van der Waals surface area contributed by atoms with Gasteiger partial charge in [-0.05, 0) is 30.3 Å². The fraction of sp³-hybridized carbons (Fsp3) is 0.0714. The van der Waals surface area contributed by atoms with Gasteiger partial charge in [0.25, 0.3) is 0 Å². The molecule has 4 nitrogen and oxygen atoms in total. The molecule has 0 saturated heterocycles. The van der Waals surface area contributed by atoms with E-state index in [9.17, 15) is 22.7 Å². The molecule has 0 amide bonds. The fourth-order valence-electron chi connectivity index (χ4n) is 1.75. The number of carbonyl (C=O) groups is 1. The van der Waals surface area contributed by atoms with Crippen molar-refractivity contribution in [2.45, 2.75) is 4.90 Å². The number of sulfone groups is 1. The van der Waals surface area contributed by atoms with Crippen molar-refractivity contribution in [3.05, 3.63) is 58.4 Å². The summed E-state index contributed by atoms with van der Waals surface area (Å²) in [5, 5.41) is 9.48. The summed E-state index contributed by atoms with van der Waals surface area (Å²) in [5.41, 5.74) is -0.269. The van der Waals surface area contributed by atoms with Gasteiger partial charge >= 0.3 is 0 Å². The molecule has 0 aliphatic carbocycles. The fourth-order valence-corrected chi connectivity index (χ4v) is 2.73. The van der Waals surface area contributed by atoms with E-state index in [1.165, 1.54) is 24.3 Å². The van der Waals surface area contributed by atoms with Crippen LogP contribution in [0.25, 0.3) is 0 Å². The zero-order chi connectivity index (χ0) is 15.8. The first-order valence-corrected chi connectivity index (χ1v) is 8.00. The van der Waals surface area contributed by atoms with Crippen molar-refractivity contribution in [1.29, 1.82) is 0 Å². The number of ketones is 1. The zero-order valence-electron chi connectivity index (χ0n) is 10.8. The lowest BCUT2D eigenvalue weighted by Crippen LogP contribution is -2.05. The minimum atomic E-state index is -3.45. The maximum absolute atomic E-state index is 13.3. The van der Waals surface area contributed by atoms with Crippen molar-refractivity contribution in [3.63, 3.8) is 0 Å². The lowest BCUT2D eigenvalue weighted by molar-refractivity contribution is 0.103. The van der Waals surface area contributed by atoms with E-state index < -0.39 is 27.2 Å². The molecule has 0 bridgehead atoms. The van der Waals surface area contributed by atoms with Crippen LogP contribution in [0.5, 0.6) is 5.75 Å². The highest BCUT2D eigenvalue weighted by molar-refractivity contribution is 7.90. The SMILES string of the molecule is CS(=O)(=O)c1ccc(C(=O)c2cccc(F)c2O)c(Cl)c1. The van der Waals surface area contributed by atoms with Gasteiger partial charge in [0.1, 0.15) is 0 Å². The standard InChI is InChI=1S/C14H10ClFO4S/c1-21(19,20)8-5-6-9(11(15)7-8)13(17)10-3-2-4-12(16)14(10)18/h2-7,18H,1H3. The third kappa shape index (κ3) is 3.06. The topological polar surface area (TPSA) is 71.4 Å². The van der Waals surface area contributed by atoms with Crippen LogP contribution in [0.4, 0.5) is 4.39 Å². The monoisotopic (exact) mass is 328 g/mol. The number of halogens is 2. The largest absolute Gasteiger partial charge is 0.504 e. The van der Waals surface area contributed by atoms with Crippen LogP contribution >= 0.6 is 11.6 Å². The third-order valence-electron chi connectivity index (χ3n) is 2.84. The molecular weight excluding hydrogens is 319 g/mol. The molecular formula is C14H10ClFO4S. The van der Waals surface area contributed by atoms with Crippen LogP contribution < -0.4 is 0 Å². The Morgan fingerprint density at radius 3 is 2.43 bits per heavy atom.